The lowest BCUT2D eigenvalue weighted by Gasteiger charge is -2.27. The Morgan fingerprint density at radius 2 is 1.92 bits per heavy atom. The topological polar surface area (TPSA) is 81.0 Å². The molecule has 7 nitrogen and oxygen atoms in total. The number of amides is 2. The number of thioether (sulfide) groups is 1. The number of rotatable bonds is 8. The lowest BCUT2D eigenvalue weighted by molar-refractivity contribution is -0.122. The molecule has 2 heterocycles. The predicted octanol–water partition coefficient (Wildman–Crippen LogP) is 6.19. The zero-order valence-corrected chi connectivity index (χ0v) is 23.1. The van der Waals surface area contributed by atoms with Crippen LogP contribution in [-0.2, 0) is 11.3 Å². The summed E-state index contributed by atoms with van der Waals surface area (Å²) in [6.45, 7) is 0.248. The molecule has 0 aliphatic carbocycles. The normalized spacial score (nSPS) is 15.7. The van der Waals surface area contributed by atoms with Crippen LogP contribution in [0.5, 0.6) is 11.5 Å². The van der Waals surface area contributed by atoms with E-state index in [9.17, 15) is 9.59 Å². The summed E-state index contributed by atoms with van der Waals surface area (Å²) in [6.07, 6.45) is 1.90. The number of benzene rings is 2. The third-order valence-electron chi connectivity index (χ3n) is 5.09. The van der Waals surface area contributed by atoms with Crippen LogP contribution < -0.4 is 14.8 Å². The Bertz CT molecular complexity index is 1330. The Morgan fingerprint density at radius 1 is 1.16 bits per heavy atom. The second-order valence-electron chi connectivity index (χ2n) is 7.64. The van der Waals surface area contributed by atoms with Gasteiger partial charge in [-0.05, 0) is 48.0 Å². The summed E-state index contributed by atoms with van der Waals surface area (Å²) in [5.74, 6) is 0.431. The Labute approximate surface area is 237 Å². The van der Waals surface area contributed by atoms with Crippen molar-refractivity contribution in [2.24, 2.45) is 0 Å². The van der Waals surface area contributed by atoms with E-state index in [-0.39, 0.29) is 18.2 Å². The smallest absolute Gasteiger partial charge is 0.266 e. The van der Waals surface area contributed by atoms with Crippen LogP contribution in [0.1, 0.15) is 21.7 Å². The molecule has 0 radical (unpaired) electrons. The lowest BCUT2D eigenvalue weighted by Crippen LogP contribution is -2.47. The van der Waals surface area contributed by atoms with Crippen LogP contribution in [0, 0.1) is 0 Å². The van der Waals surface area contributed by atoms with E-state index in [0.29, 0.717) is 31.9 Å². The van der Waals surface area contributed by atoms with Crippen molar-refractivity contribution in [3.05, 3.63) is 88.7 Å². The first-order chi connectivity index (χ1) is 17.7. The number of carbonyl (C=O) groups is 2. The monoisotopic (exact) mass is 596 g/mol. The largest absolute Gasteiger partial charge is 0.493 e. The number of ether oxygens (including phenoxy) is 2. The Morgan fingerprint density at radius 3 is 2.57 bits per heavy atom. The van der Waals surface area contributed by atoms with E-state index in [4.69, 9.17) is 60.9 Å². The molecule has 1 aliphatic rings. The summed E-state index contributed by atoms with van der Waals surface area (Å²) < 4.78 is 15.1. The van der Waals surface area contributed by atoms with Crippen LogP contribution in [0.25, 0.3) is 6.08 Å². The number of nitrogens with zero attached hydrogens (tertiary/aromatic N) is 1. The molecule has 2 amide bonds. The molecule has 3 aromatic rings. The fourth-order valence-electron chi connectivity index (χ4n) is 3.31. The SMILES string of the molecule is COc1cc(/C=C2\SC(=S)N(Cc3ccco3)C2=O)ccc1O[C@@H](NC(=O)c1ccccc1)C(Cl)(Cl)Cl. The van der Waals surface area contributed by atoms with Gasteiger partial charge in [0.2, 0.25) is 10.0 Å². The average Bonchev–Trinajstić information content (AvgIpc) is 3.48. The van der Waals surface area contributed by atoms with Gasteiger partial charge in [0.1, 0.15) is 10.1 Å². The standard InChI is InChI=1S/C25H19Cl3N2O5S2/c1-33-19-12-15(13-20-22(32)30(24(36)37-20)14-17-8-5-11-34-17)9-10-18(19)35-23(25(26,27)28)29-21(31)16-6-3-2-4-7-16/h2-13,23H,14H2,1H3,(H,29,31)/b20-13-/t23-/m1/s1. The van der Waals surface area contributed by atoms with Crippen LogP contribution in [0.2, 0.25) is 0 Å². The molecule has 0 spiro atoms. The molecule has 192 valence electrons. The summed E-state index contributed by atoms with van der Waals surface area (Å²) in [6, 6.07) is 16.9. The molecular weight excluding hydrogens is 579 g/mol. The van der Waals surface area contributed by atoms with Gasteiger partial charge in [-0.2, -0.15) is 0 Å². The number of alkyl halides is 3. The fraction of sp³-hybridized carbons (Fsp3) is 0.160. The van der Waals surface area contributed by atoms with Crippen molar-refractivity contribution in [3.63, 3.8) is 0 Å². The number of carbonyl (C=O) groups excluding carboxylic acids is 2. The number of thiocarbonyl (C=S) groups is 1. The predicted molar refractivity (Wildman–Crippen MR) is 149 cm³/mol. The van der Waals surface area contributed by atoms with Gasteiger partial charge in [-0.3, -0.25) is 14.5 Å². The molecule has 1 aliphatic heterocycles. The molecule has 1 aromatic heterocycles. The van der Waals surface area contributed by atoms with Crippen molar-refractivity contribution in [2.45, 2.75) is 16.6 Å². The summed E-state index contributed by atoms with van der Waals surface area (Å²) in [7, 11) is 1.45. The molecule has 1 N–H and O–H groups in total. The van der Waals surface area contributed by atoms with Gasteiger partial charge in [0.25, 0.3) is 11.8 Å². The molecule has 1 saturated heterocycles. The highest BCUT2D eigenvalue weighted by Gasteiger charge is 2.37. The van der Waals surface area contributed by atoms with Gasteiger partial charge in [-0.15, -0.1) is 0 Å². The van der Waals surface area contributed by atoms with Gasteiger partial charge in [0.15, 0.2) is 11.5 Å². The first-order valence-electron chi connectivity index (χ1n) is 10.7. The zero-order chi connectivity index (χ0) is 26.6. The molecule has 12 heteroatoms. The molecule has 4 rings (SSSR count). The maximum atomic E-state index is 12.9. The summed E-state index contributed by atoms with van der Waals surface area (Å²) in [5, 5.41) is 2.58. The van der Waals surface area contributed by atoms with Crippen molar-refractivity contribution < 1.29 is 23.5 Å². The highest BCUT2D eigenvalue weighted by molar-refractivity contribution is 8.26. The molecular formula is C25H19Cl3N2O5S2. The average molecular weight is 598 g/mol. The highest BCUT2D eigenvalue weighted by atomic mass is 35.6. The number of hydrogen-bond donors (Lipinski definition) is 1. The maximum absolute atomic E-state index is 12.9. The Balaban J connectivity index is 1.52. The number of nitrogens with one attached hydrogen (secondary N) is 1. The van der Waals surface area contributed by atoms with E-state index in [0.717, 1.165) is 0 Å². The van der Waals surface area contributed by atoms with E-state index in [1.807, 2.05) is 0 Å². The minimum Gasteiger partial charge on any atom is -0.493 e. The van der Waals surface area contributed by atoms with Gasteiger partial charge < -0.3 is 19.2 Å². The quantitative estimate of drug-likeness (QED) is 0.143. The molecule has 0 bridgehead atoms. The van der Waals surface area contributed by atoms with Gasteiger partial charge in [-0.25, -0.2) is 0 Å². The maximum Gasteiger partial charge on any atom is 0.266 e. The first kappa shape index (κ1) is 27.3. The van der Waals surface area contributed by atoms with E-state index in [1.54, 1.807) is 73.0 Å². The van der Waals surface area contributed by atoms with Crippen LogP contribution in [0.3, 0.4) is 0 Å². The lowest BCUT2D eigenvalue weighted by atomic mass is 10.2. The van der Waals surface area contributed by atoms with Gasteiger partial charge >= 0.3 is 0 Å². The molecule has 0 unspecified atom stereocenters. The van der Waals surface area contributed by atoms with Crippen LogP contribution in [0.4, 0.5) is 0 Å². The minimum atomic E-state index is -1.99. The molecule has 2 aromatic carbocycles. The third-order valence-corrected chi connectivity index (χ3v) is 7.07. The van der Waals surface area contributed by atoms with Crippen molar-refractivity contribution in [1.29, 1.82) is 0 Å². The second kappa shape index (κ2) is 11.8. The molecule has 1 fully saturated rings. The van der Waals surface area contributed by atoms with Crippen LogP contribution in [-0.4, -0.2) is 38.2 Å². The van der Waals surface area contributed by atoms with E-state index in [1.165, 1.54) is 23.8 Å². The van der Waals surface area contributed by atoms with Gasteiger partial charge in [-0.1, -0.05) is 83.0 Å². The van der Waals surface area contributed by atoms with Crippen LogP contribution >= 0.6 is 58.8 Å². The third kappa shape index (κ3) is 6.80. The van der Waals surface area contributed by atoms with Crippen molar-refractivity contribution in [1.82, 2.24) is 10.2 Å². The van der Waals surface area contributed by atoms with Crippen molar-refractivity contribution in [3.8, 4) is 11.5 Å². The van der Waals surface area contributed by atoms with E-state index in [2.05, 4.69) is 5.32 Å². The Kier molecular flexibility index (Phi) is 8.71. The first-order valence-corrected chi connectivity index (χ1v) is 13.1. The number of hydrogen-bond acceptors (Lipinski definition) is 7. The molecule has 0 saturated carbocycles. The van der Waals surface area contributed by atoms with Crippen molar-refractivity contribution >= 4 is 81.0 Å². The Hall–Kier alpha value is -2.69. The number of halogens is 3. The zero-order valence-electron chi connectivity index (χ0n) is 19.2. The number of furan rings is 1. The van der Waals surface area contributed by atoms with Crippen molar-refractivity contribution in [2.75, 3.05) is 7.11 Å². The highest BCUT2D eigenvalue weighted by Crippen LogP contribution is 2.38. The van der Waals surface area contributed by atoms with E-state index < -0.39 is 15.9 Å². The second-order valence-corrected chi connectivity index (χ2v) is 11.7. The summed E-state index contributed by atoms with van der Waals surface area (Å²) in [4.78, 5) is 27.4. The fourth-order valence-corrected chi connectivity index (χ4v) is 4.87. The summed E-state index contributed by atoms with van der Waals surface area (Å²) >= 11 is 24.8. The van der Waals surface area contributed by atoms with Crippen LogP contribution in [0.15, 0.2) is 76.2 Å². The van der Waals surface area contributed by atoms with Gasteiger partial charge in [0, 0.05) is 5.56 Å². The summed E-state index contributed by atoms with van der Waals surface area (Å²) in [5.41, 5.74) is 1.03. The molecule has 37 heavy (non-hydrogen) atoms. The minimum absolute atomic E-state index is 0.217. The molecule has 1 atom stereocenters. The van der Waals surface area contributed by atoms with Gasteiger partial charge in [0.05, 0.1) is 24.8 Å². The number of methoxy groups -OCH3 is 1. The van der Waals surface area contributed by atoms with E-state index >= 15 is 0 Å².